The molecule has 0 saturated carbocycles. The third-order valence-electron chi connectivity index (χ3n) is 2.87. The molecule has 20 heavy (non-hydrogen) atoms. The first-order chi connectivity index (χ1) is 9.67. The van der Waals surface area contributed by atoms with Crippen molar-refractivity contribution in [2.24, 2.45) is 11.7 Å². The van der Waals surface area contributed by atoms with Gasteiger partial charge in [0.1, 0.15) is 6.54 Å². The first-order valence-electron chi connectivity index (χ1n) is 7.08. The van der Waals surface area contributed by atoms with Crippen molar-refractivity contribution in [2.45, 2.75) is 46.1 Å². The van der Waals surface area contributed by atoms with Gasteiger partial charge in [-0.05, 0) is 31.7 Å². The van der Waals surface area contributed by atoms with Crippen molar-refractivity contribution in [2.75, 3.05) is 6.54 Å². The lowest BCUT2D eigenvalue weighted by Gasteiger charge is -1.96. The van der Waals surface area contributed by atoms with Crippen LogP contribution in [0.4, 0.5) is 0 Å². The van der Waals surface area contributed by atoms with E-state index in [1.54, 1.807) is 4.68 Å². The topological polar surface area (TPSA) is 95.7 Å². The van der Waals surface area contributed by atoms with Gasteiger partial charge in [0.25, 0.3) is 0 Å². The fraction of sp³-hybridized carbons (Fsp3) is 0.692. The Labute approximate surface area is 118 Å². The van der Waals surface area contributed by atoms with Crippen molar-refractivity contribution in [3.05, 3.63) is 23.6 Å². The number of nitrogens with zero attached hydrogens (tertiary/aromatic N) is 5. The summed E-state index contributed by atoms with van der Waals surface area (Å²) in [6.07, 6.45) is 5.68. The molecule has 0 aliphatic heterocycles. The number of rotatable bonds is 8. The van der Waals surface area contributed by atoms with Crippen molar-refractivity contribution >= 4 is 0 Å². The fourth-order valence-electron chi connectivity index (χ4n) is 1.91. The zero-order valence-electron chi connectivity index (χ0n) is 12.1. The van der Waals surface area contributed by atoms with E-state index in [9.17, 15) is 0 Å². The van der Waals surface area contributed by atoms with Gasteiger partial charge in [0.05, 0.1) is 5.69 Å². The van der Waals surface area contributed by atoms with E-state index in [1.165, 1.54) is 0 Å². The van der Waals surface area contributed by atoms with E-state index in [-0.39, 0.29) is 0 Å². The molecule has 7 heteroatoms. The number of hydrogen-bond acceptors (Lipinski definition) is 6. The molecule has 2 aromatic rings. The second-order valence-electron chi connectivity index (χ2n) is 5.36. The van der Waals surface area contributed by atoms with Crippen molar-refractivity contribution in [3.8, 4) is 0 Å². The van der Waals surface area contributed by atoms with Crippen LogP contribution in [0.15, 0.2) is 10.7 Å². The minimum atomic E-state index is 0.492. The molecule has 2 rings (SSSR count). The maximum atomic E-state index is 5.47. The minimum Gasteiger partial charge on any atom is -0.339 e. The molecule has 2 heterocycles. The van der Waals surface area contributed by atoms with E-state index in [0.717, 1.165) is 37.9 Å². The molecule has 0 atom stereocenters. The molecule has 0 aliphatic rings. The van der Waals surface area contributed by atoms with Crippen LogP contribution in [0.2, 0.25) is 0 Å². The normalized spacial score (nSPS) is 11.4. The number of aromatic nitrogens is 5. The van der Waals surface area contributed by atoms with Crippen LogP contribution in [0.1, 0.15) is 44.1 Å². The second kappa shape index (κ2) is 7.14. The summed E-state index contributed by atoms with van der Waals surface area (Å²) >= 11 is 0. The molecule has 0 aliphatic carbocycles. The molecular formula is C13H22N6O. The number of unbranched alkanes of at least 4 members (excludes halogenated alkanes) is 1. The lowest BCUT2D eigenvalue weighted by molar-refractivity contribution is 0.357. The molecule has 0 radical (unpaired) electrons. The van der Waals surface area contributed by atoms with Gasteiger partial charge in [-0.2, -0.15) is 4.98 Å². The molecule has 0 spiro atoms. The molecule has 0 amide bonds. The van der Waals surface area contributed by atoms with E-state index in [4.69, 9.17) is 10.3 Å². The summed E-state index contributed by atoms with van der Waals surface area (Å²) in [4.78, 5) is 4.35. The lowest BCUT2D eigenvalue weighted by atomic mass is 10.1. The highest BCUT2D eigenvalue weighted by molar-refractivity contribution is 4.95. The van der Waals surface area contributed by atoms with Crippen LogP contribution < -0.4 is 5.73 Å². The highest BCUT2D eigenvalue weighted by Crippen LogP contribution is 2.07. The van der Waals surface area contributed by atoms with Gasteiger partial charge in [-0.3, -0.25) is 0 Å². The molecule has 0 bridgehead atoms. The Morgan fingerprint density at radius 3 is 2.95 bits per heavy atom. The predicted octanol–water partition coefficient (Wildman–Crippen LogP) is 1.19. The number of aryl methyl sites for hydroxylation is 1. The number of nitrogens with two attached hydrogens (primary N) is 1. The maximum absolute atomic E-state index is 5.47. The highest BCUT2D eigenvalue weighted by Gasteiger charge is 2.09. The summed E-state index contributed by atoms with van der Waals surface area (Å²) in [5, 5.41) is 12.2. The average Bonchev–Trinajstić information content (AvgIpc) is 3.00. The molecule has 2 N–H and O–H groups in total. The summed E-state index contributed by atoms with van der Waals surface area (Å²) < 4.78 is 6.94. The van der Waals surface area contributed by atoms with Gasteiger partial charge in [0, 0.05) is 12.6 Å². The highest BCUT2D eigenvalue weighted by atomic mass is 16.5. The van der Waals surface area contributed by atoms with Crippen LogP contribution in [-0.2, 0) is 19.4 Å². The van der Waals surface area contributed by atoms with Crippen LogP contribution in [0, 0.1) is 5.92 Å². The Morgan fingerprint density at radius 1 is 1.35 bits per heavy atom. The summed E-state index contributed by atoms with van der Waals surface area (Å²) in [6, 6.07) is 0. The van der Waals surface area contributed by atoms with Crippen LogP contribution >= 0.6 is 0 Å². The van der Waals surface area contributed by atoms with Gasteiger partial charge in [-0.15, -0.1) is 5.10 Å². The summed E-state index contributed by atoms with van der Waals surface area (Å²) in [5.41, 5.74) is 6.44. The van der Waals surface area contributed by atoms with Gasteiger partial charge in [-0.1, -0.05) is 24.2 Å². The van der Waals surface area contributed by atoms with Crippen molar-refractivity contribution in [1.29, 1.82) is 0 Å². The molecular weight excluding hydrogens is 256 g/mol. The Kier molecular flexibility index (Phi) is 5.23. The Balaban J connectivity index is 1.88. The zero-order chi connectivity index (χ0) is 14.4. The van der Waals surface area contributed by atoms with Crippen LogP contribution in [0.3, 0.4) is 0 Å². The Morgan fingerprint density at radius 2 is 2.20 bits per heavy atom. The minimum absolute atomic E-state index is 0.492. The van der Waals surface area contributed by atoms with Crippen LogP contribution in [0.5, 0.6) is 0 Å². The molecule has 0 saturated heterocycles. The Hall–Kier alpha value is -1.76. The van der Waals surface area contributed by atoms with Crippen molar-refractivity contribution < 1.29 is 4.52 Å². The zero-order valence-corrected chi connectivity index (χ0v) is 12.1. The van der Waals surface area contributed by atoms with E-state index < -0.39 is 0 Å². The van der Waals surface area contributed by atoms with E-state index in [0.29, 0.717) is 24.2 Å². The molecule has 0 aromatic carbocycles. The van der Waals surface area contributed by atoms with Gasteiger partial charge in [0.2, 0.25) is 5.89 Å². The molecule has 110 valence electrons. The fourth-order valence-corrected chi connectivity index (χ4v) is 1.91. The lowest BCUT2D eigenvalue weighted by Crippen LogP contribution is -2.02. The summed E-state index contributed by atoms with van der Waals surface area (Å²) in [6.45, 7) is 5.45. The second-order valence-corrected chi connectivity index (χ2v) is 5.36. The number of hydrogen-bond donors (Lipinski definition) is 1. The third-order valence-corrected chi connectivity index (χ3v) is 2.87. The summed E-state index contributed by atoms with van der Waals surface area (Å²) in [7, 11) is 0. The van der Waals surface area contributed by atoms with Gasteiger partial charge in [0.15, 0.2) is 5.82 Å². The molecule has 0 fully saturated rings. The monoisotopic (exact) mass is 278 g/mol. The van der Waals surface area contributed by atoms with Gasteiger partial charge < -0.3 is 10.3 Å². The first-order valence-corrected chi connectivity index (χ1v) is 7.08. The maximum Gasteiger partial charge on any atom is 0.226 e. The predicted molar refractivity (Wildman–Crippen MR) is 74.0 cm³/mol. The van der Waals surface area contributed by atoms with Crippen molar-refractivity contribution in [3.63, 3.8) is 0 Å². The standard InChI is InChI=1S/C13H22N6O/c1-10(2)7-13-15-12(17-20-13)9-19-8-11(16-18-19)5-3-4-6-14/h8,10H,3-7,9,14H2,1-2H3. The molecule has 0 unspecified atom stereocenters. The van der Waals surface area contributed by atoms with Gasteiger partial charge >= 0.3 is 0 Å². The van der Waals surface area contributed by atoms with Gasteiger partial charge in [-0.25, -0.2) is 4.68 Å². The average molecular weight is 278 g/mol. The third kappa shape index (κ3) is 4.41. The first kappa shape index (κ1) is 14.6. The molecule has 2 aromatic heterocycles. The van der Waals surface area contributed by atoms with E-state index >= 15 is 0 Å². The SMILES string of the molecule is CC(C)Cc1nc(Cn2cc(CCCCN)nn2)no1. The van der Waals surface area contributed by atoms with Crippen LogP contribution in [0.25, 0.3) is 0 Å². The molecule has 7 nitrogen and oxygen atoms in total. The van der Waals surface area contributed by atoms with Crippen LogP contribution in [-0.4, -0.2) is 31.7 Å². The largest absolute Gasteiger partial charge is 0.339 e. The smallest absolute Gasteiger partial charge is 0.226 e. The Bertz CT molecular complexity index is 518. The van der Waals surface area contributed by atoms with Crippen molar-refractivity contribution in [1.82, 2.24) is 25.1 Å². The van der Waals surface area contributed by atoms with E-state index in [2.05, 4.69) is 34.3 Å². The van der Waals surface area contributed by atoms with E-state index in [1.807, 2.05) is 6.20 Å². The summed E-state index contributed by atoms with van der Waals surface area (Å²) in [5.74, 6) is 1.82. The quantitative estimate of drug-likeness (QED) is 0.729.